The first-order valence-corrected chi connectivity index (χ1v) is 8.84. The van der Waals surface area contributed by atoms with E-state index in [4.69, 9.17) is 4.98 Å². The average Bonchev–Trinajstić information content (AvgIpc) is 2.96. The van der Waals surface area contributed by atoms with Gasteiger partial charge in [0, 0.05) is 0 Å². The van der Waals surface area contributed by atoms with Crippen molar-refractivity contribution >= 4 is 10.9 Å². The first-order valence-electron chi connectivity index (χ1n) is 8.20. The van der Waals surface area contributed by atoms with E-state index in [-0.39, 0.29) is 29.1 Å². The van der Waals surface area contributed by atoms with Crippen LogP contribution in [0.4, 0.5) is 0 Å². The van der Waals surface area contributed by atoms with E-state index in [2.05, 4.69) is 95.2 Å². The Balaban J connectivity index is 0.00000121. The van der Waals surface area contributed by atoms with Gasteiger partial charge >= 0.3 is 151 Å². The molecule has 26 heavy (non-hydrogen) atoms. The standard InChI is InChI=1S/C22H18N.2ClH.Cr/c1-2-6-17(7-3-1)14-18-10-11-19(15-18)16-21-13-12-20-8-4-5-9-22(20)23-21;;;/h1-13,15H,14,16H2;2*1H;/q;;;+2/p-2. The molecule has 1 nitrogen and oxygen atoms in total. The van der Waals surface area contributed by atoms with Crippen LogP contribution in [0, 0.1) is 0 Å². The summed E-state index contributed by atoms with van der Waals surface area (Å²) in [4.78, 5) is 4.81. The van der Waals surface area contributed by atoms with Crippen molar-refractivity contribution in [1.82, 2.24) is 4.98 Å². The summed E-state index contributed by atoms with van der Waals surface area (Å²) in [5, 5.41) is 1.19. The van der Waals surface area contributed by atoms with Gasteiger partial charge in [-0.25, -0.2) is 0 Å². The van der Waals surface area contributed by atoms with Crippen molar-refractivity contribution in [1.29, 1.82) is 0 Å². The van der Waals surface area contributed by atoms with Crippen LogP contribution in [0.25, 0.3) is 10.9 Å². The normalized spacial score (nSPS) is 18.0. The van der Waals surface area contributed by atoms with Gasteiger partial charge < -0.3 is 24.8 Å². The molecule has 4 heteroatoms. The van der Waals surface area contributed by atoms with Crippen molar-refractivity contribution in [2.45, 2.75) is 17.1 Å². The maximum atomic E-state index is 4.81. The third kappa shape index (κ3) is 4.78. The molecule has 1 aliphatic carbocycles. The quantitative estimate of drug-likeness (QED) is 0.542. The van der Waals surface area contributed by atoms with Gasteiger partial charge in [0.1, 0.15) is 0 Å². The molecule has 0 radical (unpaired) electrons. The molecule has 0 aliphatic heterocycles. The van der Waals surface area contributed by atoms with Crippen LogP contribution in [0.5, 0.6) is 0 Å². The Morgan fingerprint density at radius 1 is 0.846 bits per heavy atom. The van der Waals surface area contributed by atoms with Crippen molar-refractivity contribution < 1.29 is 41.1 Å². The topological polar surface area (TPSA) is 12.9 Å². The average molecular weight is 419 g/mol. The zero-order chi connectivity index (χ0) is 16.4. The van der Waals surface area contributed by atoms with Crippen LogP contribution in [-0.2, 0) is 29.1 Å². The number of hydrogen-bond donors (Lipinski definition) is 0. The molecule has 0 amide bonds. The third-order valence-electron chi connectivity index (χ3n) is 4.37. The number of hydrogen-bond acceptors (Lipinski definition) is 1. The summed E-state index contributed by atoms with van der Waals surface area (Å²) >= 11 is 3.36. The molecular weight excluding hydrogens is 401 g/mol. The van der Waals surface area contributed by atoms with E-state index in [0.717, 1.165) is 24.1 Å². The van der Waals surface area contributed by atoms with Gasteiger partial charge in [-0.3, -0.25) is 0 Å². The second-order valence-electron chi connectivity index (χ2n) is 6.34. The summed E-state index contributed by atoms with van der Waals surface area (Å²) in [7, 11) is 0. The molecule has 1 aromatic heterocycles. The van der Waals surface area contributed by atoms with Crippen molar-refractivity contribution in [3.63, 3.8) is 0 Å². The molecule has 0 N–H and O–H groups in total. The number of benzene rings is 2. The Morgan fingerprint density at radius 3 is 2.38 bits per heavy atom. The number of fused-ring (bicyclic) bond motifs is 1. The Labute approximate surface area is 175 Å². The fourth-order valence-electron chi connectivity index (χ4n) is 3.20. The second-order valence-corrected chi connectivity index (χ2v) is 7.53. The van der Waals surface area contributed by atoms with Crippen LogP contribution in [0.15, 0.2) is 90.5 Å². The van der Waals surface area contributed by atoms with E-state index in [9.17, 15) is 0 Å². The van der Waals surface area contributed by atoms with Crippen LogP contribution in [0.1, 0.15) is 11.3 Å². The van der Waals surface area contributed by atoms with Crippen molar-refractivity contribution in [3.05, 3.63) is 102 Å². The first-order chi connectivity index (χ1) is 11.7. The number of para-hydroxylation sites is 1. The molecule has 1 atom stereocenters. The molecule has 0 bridgehead atoms. The van der Waals surface area contributed by atoms with E-state index in [0.29, 0.717) is 0 Å². The van der Waals surface area contributed by atoms with Crippen LogP contribution in [-0.4, -0.2) is 4.98 Å². The van der Waals surface area contributed by atoms with Crippen LogP contribution >= 0.6 is 0 Å². The van der Waals surface area contributed by atoms with Gasteiger partial charge in [0.2, 0.25) is 0 Å². The van der Waals surface area contributed by atoms with E-state index >= 15 is 0 Å². The molecule has 4 rings (SSSR count). The zero-order valence-corrected chi connectivity index (χ0v) is 16.9. The summed E-state index contributed by atoms with van der Waals surface area (Å²) < 4.78 is -0.0699. The molecule has 0 spiro atoms. The monoisotopic (exact) mass is 418 g/mol. The van der Waals surface area contributed by atoms with Crippen LogP contribution < -0.4 is 24.8 Å². The Bertz CT molecular complexity index is 937. The Hall–Kier alpha value is -1.56. The van der Waals surface area contributed by atoms with Gasteiger partial charge in [-0.2, -0.15) is 0 Å². The molecule has 1 unspecified atom stereocenters. The van der Waals surface area contributed by atoms with E-state index in [1.54, 1.807) is 0 Å². The Morgan fingerprint density at radius 2 is 1.58 bits per heavy atom. The molecule has 0 saturated heterocycles. The minimum absolute atomic E-state index is 0. The predicted molar refractivity (Wildman–Crippen MR) is 95.5 cm³/mol. The second kappa shape index (κ2) is 8.89. The summed E-state index contributed by atoms with van der Waals surface area (Å²) in [6.45, 7) is 0. The molecular formula is C22H18Cl2CrN. The number of rotatable bonds is 4. The van der Waals surface area contributed by atoms with Crippen molar-refractivity contribution in [2.75, 3.05) is 0 Å². The number of nitrogens with zero attached hydrogens (tertiary/aromatic N) is 1. The number of pyridine rings is 1. The summed E-state index contributed by atoms with van der Waals surface area (Å²) in [5.41, 5.74) is 4.89. The van der Waals surface area contributed by atoms with E-state index in [1.807, 2.05) is 6.07 Å². The predicted octanol–water partition coefficient (Wildman–Crippen LogP) is -0.770. The summed E-state index contributed by atoms with van der Waals surface area (Å²) in [6.07, 6.45) is 8.71. The molecule has 131 valence electrons. The fourth-order valence-corrected chi connectivity index (χ4v) is 3.77. The number of allylic oxidation sites excluding steroid dienone is 4. The third-order valence-corrected chi connectivity index (χ3v) is 5.00. The molecule has 2 aromatic carbocycles. The van der Waals surface area contributed by atoms with Crippen molar-refractivity contribution in [2.24, 2.45) is 0 Å². The first kappa shape index (κ1) is 20.8. The van der Waals surface area contributed by atoms with Crippen LogP contribution in [0.3, 0.4) is 0 Å². The van der Waals surface area contributed by atoms with Gasteiger partial charge in [-0.1, -0.05) is 0 Å². The summed E-state index contributed by atoms with van der Waals surface area (Å²) in [5.74, 6) is 0. The molecule has 0 fully saturated rings. The van der Waals surface area contributed by atoms with Crippen LogP contribution in [0.2, 0.25) is 4.28 Å². The van der Waals surface area contributed by atoms with Gasteiger partial charge in [-0.05, 0) is 0 Å². The minimum atomic E-state index is -0.0699. The van der Waals surface area contributed by atoms with Gasteiger partial charge in [0.25, 0.3) is 0 Å². The van der Waals surface area contributed by atoms with Crippen molar-refractivity contribution in [3.8, 4) is 0 Å². The maximum absolute atomic E-state index is 4.81. The molecule has 0 saturated carbocycles. The number of aromatic nitrogens is 1. The van der Waals surface area contributed by atoms with E-state index in [1.165, 1.54) is 16.5 Å². The molecule has 1 aliphatic rings. The van der Waals surface area contributed by atoms with E-state index < -0.39 is 0 Å². The van der Waals surface area contributed by atoms with Gasteiger partial charge in [0.15, 0.2) is 0 Å². The molecule has 1 heterocycles. The number of halogens is 2. The van der Waals surface area contributed by atoms with Gasteiger partial charge in [-0.15, -0.1) is 0 Å². The fraction of sp³-hybridized carbons (Fsp3) is 0.136. The SMILES string of the molecule is [Cl-].[Cl-].[Cr+2][C]1(Cc2ccc3ccccc3n2)C=CC(Cc2ccccc2)=C1. The summed E-state index contributed by atoms with van der Waals surface area (Å²) in [6, 6.07) is 23.2. The van der Waals surface area contributed by atoms with Gasteiger partial charge in [0.05, 0.1) is 0 Å². The molecule has 3 aromatic rings. The zero-order valence-electron chi connectivity index (χ0n) is 14.1. The Kier molecular flexibility index (Phi) is 7.10.